The summed E-state index contributed by atoms with van der Waals surface area (Å²) >= 11 is 0. The second kappa shape index (κ2) is 11.2. The quantitative estimate of drug-likeness (QED) is 0.371. The molecule has 0 radical (unpaired) electrons. The van der Waals surface area contributed by atoms with Crippen molar-refractivity contribution in [2.45, 2.75) is 13.0 Å². The molecule has 1 aliphatic heterocycles. The summed E-state index contributed by atoms with van der Waals surface area (Å²) < 4.78 is 5.59. The first kappa shape index (κ1) is 22.4. The van der Waals surface area contributed by atoms with Crippen LogP contribution in [-0.4, -0.2) is 79.1 Å². The molecule has 1 N–H and O–H groups in total. The average Bonchev–Trinajstić information content (AvgIpc) is 3.22. The highest BCUT2D eigenvalue weighted by Gasteiger charge is 2.22. The zero-order valence-electron chi connectivity index (χ0n) is 16.8. The molecule has 3 rings (SSSR count). The molecule has 1 atom stereocenters. The van der Waals surface area contributed by atoms with Crippen LogP contribution in [0.1, 0.15) is 18.7 Å². The largest absolute Gasteiger partial charge is 0.468 e. The number of nitrogens with one attached hydrogen (secondary N) is 1. The minimum absolute atomic E-state index is 0. The highest BCUT2D eigenvalue weighted by molar-refractivity contribution is 14.0. The lowest BCUT2D eigenvalue weighted by Gasteiger charge is -2.36. The number of hydrogen-bond acceptors (Lipinski definition) is 6. The Hall–Kier alpha value is -1.88. The van der Waals surface area contributed by atoms with Gasteiger partial charge in [0.05, 0.1) is 18.8 Å². The Kier molecular flexibility index (Phi) is 8.97. The predicted octanol–water partition coefficient (Wildman–Crippen LogP) is 2.08. The summed E-state index contributed by atoms with van der Waals surface area (Å²) in [4.78, 5) is 20.2. The fraction of sp³-hybridized carbons (Fsp3) is 0.526. The Labute approximate surface area is 184 Å². The Morgan fingerprint density at radius 1 is 1.21 bits per heavy atom. The zero-order valence-corrected chi connectivity index (χ0v) is 19.1. The first-order chi connectivity index (χ1) is 13.2. The summed E-state index contributed by atoms with van der Waals surface area (Å²) in [5, 5.41) is 3.42. The molecular weight excluding hydrogens is 469 g/mol. The molecule has 28 heavy (non-hydrogen) atoms. The average molecular weight is 499 g/mol. The standard InChI is InChI=1S/C19H29N7O.HI/c1-4-20-18(23-15-16(24(2)3)17-7-5-14-27-17)25-10-12-26(13-11-25)19-21-8-6-9-22-19;/h5-9,14,16H,4,10-13,15H2,1-3H3,(H,20,23);1H. The van der Waals surface area contributed by atoms with E-state index in [1.54, 1.807) is 18.7 Å². The second-order valence-electron chi connectivity index (χ2n) is 6.71. The number of likely N-dealkylation sites (N-methyl/N-ethyl adjacent to an activating group) is 1. The highest BCUT2D eigenvalue weighted by atomic mass is 127. The van der Waals surface area contributed by atoms with Gasteiger partial charge in [-0.25, -0.2) is 9.97 Å². The fourth-order valence-electron chi connectivity index (χ4n) is 3.16. The number of nitrogens with zero attached hydrogens (tertiary/aromatic N) is 6. The number of hydrogen-bond donors (Lipinski definition) is 1. The molecule has 0 bridgehead atoms. The van der Waals surface area contributed by atoms with E-state index in [4.69, 9.17) is 9.41 Å². The van der Waals surface area contributed by atoms with Gasteiger partial charge in [-0.1, -0.05) is 0 Å². The molecule has 0 amide bonds. The number of anilines is 1. The summed E-state index contributed by atoms with van der Waals surface area (Å²) in [5.74, 6) is 2.68. The zero-order chi connectivity index (χ0) is 19.1. The Bertz CT molecular complexity index is 700. The van der Waals surface area contributed by atoms with Crippen LogP contribution in [-0.2, 0) is 0 Å². The topological polar surface area (TPSA) is 73.0 Å². The maximum Gasteiger partial charge on any atom is 0.225 e. The third-order valence-corrected chi connectivity index (χ3v) is 4.66. The molecule has 0 aromatic carbocycles. The van der Waals surface area contributed by atoms with Crippen LogP contribution in [0.15, 0.2) is 46.3 Å². The lowest BCUT2D eigenvalue weighted by Crippen LogP contribution is -2.53. The van der Waals surface area contributed by atoms with Gasteiger partial charge in [-0.05, 0) is 39.2 Å². The van der Waals surface area contributed by atoms with Crippen LogP contribution in [0, 0.1) is 0 Å². The summed E-state index contributed by atoms with van der Waals surface area (Å²) in [7, 11) is 4.10. The van der Waals surface area contributed by atoms with Crippen LogP contribution >= 0.6 is 24.0 Å². The molecule has 2 aromatic heterocycles. The van der Waals surface area contributed by atoms with E-state index in [1.807, 2.05) is 32.3 Å². The van der Waals surface area contributed by atoms with Gasteiger partial charge >= 0.3 is 0 Å². The normalized spacial score (nSPS) is 16.1. The van der Waals surface area contributed by atoms with E-state index >= 15 is 0 Å². The van der Waals surface area contributed by atoms with Gasteiger partial charge in [-0.2, -0.15) is 0 Å². The monoisotopic (exact) mass is 499 g/mol. The maximum absolute atomic E-state index is 5.59. The third-order valence-electron chi connectivity index (χ3n) is 4.66. The molecule has 9 heteroatoms. The van der Waals surface area contributed by atoms with Gasteiger partial charge in [-0.3, -0.25) is 9.89 Å². The SMILES string of the molecule is CCNC(=NCC(c1ccco1)N(C)C)N1CCN(c2ncccn2)CC1.I. The predicted molar refractivity (Wildman–Crippen MR) is 122 cm³/mol. The Morgan fingerprint density at radius 3 is 2.50 bits per heavy atom. The van der Waals surface area contributed by atoms with Crippen molar-refractivity contribution in [2.75, 3.05) is 58.3 Å². The summed E-state index contributed by atoms with van der Waals surface area (Å²) in [6.07, 6.45) is 5.29. The van der Waals surface area contributed by atoms with Gasteiger partial charge in [0.25, 0.3) is 0 Å². The number of guanidine groups is 1. The first-order valence-corrected chi connectivity index (χ1v) is 9.44. The summed E-state index contributed by atoms with van der Waals surface area (Å²) in [6, 6.07) is 5.89. The molecule has 154 valence electrons. The minimum atomic E-state index is 0. The second-order valence-corrected chi connectivity index (χ2v) is 6.71. The highest BCUT2D eigenvalue weighted by Crippen LogP contribution is 2.19. The van der Waals surface area contributed by atoms with Crippen molar-refractivity contribution >= 4 is 35.9 Å². The summed E-state index contributed by atoms with van der Waals surface area (Å²) in [5.41, 5.74) is 0. The third kappa shape index (κ3) is 5.81. The lowest BCUT2D eigenvalue weighted by atomic mass is 10.2. The van der Waals surface area contributed by atoms with Crippen LogP contribution in [0.2, 0.25) is 0 Å². The van der Waals surface area contributed by atoms with Crippen molar-refractivity contribution in [2.24, 2.45) is 4.99 Å². The van der Waals surface area contributed by atoms with E-state index in [2.05, 4.69) is 36.9 Å². The summed E-state index contributed by atoms with van der Waals surface area (Å²) in [6.45, 7) is 7.11. The number of aromatic nitrogens is 2. The smallest absolute Gasteiger partial charge is 0.225 e. The molecule has 0 spiro atoms. The van der Waals surface area contributed by atoms with Gasteiger partial charge in [0.15, 0.2) is 5.96 Å². The fourth-order valence-corrected chi connectivity index (χ4v) is 3.16. The van der Waals surface area contributed by atoms with Crippen LogP contribution < -0.4 is 10.2 Å². The number of halogens is 1. The number of rotatable bonds is 6. The number of piperazine rings is 1. The van der Waals surface area contributed by atoms with E-state index in [0.717, 1.165) is 50.4 Å². The molecule has 1 fully saturated rings. The van der Waals surface area contributed by atoms with E-state index in [1.165, 1.54) is 0 Å². The van der Waals surface area contributed by atoms with Crippen LogP contribution in [0.4, 0.5) is 5.95 Å². The Balaban J connectivity index is 0.00000280. The van der Waals surface area contributed by atoms with Crippen molar-refractivity contribution in [3.8, 4) is 0 Å². The van der Waals surface area contributed by atoms with E-state index in [0.29, 0.717) is 6.54 Å². The lowest BCUT2D eigenvalue weighted by molar-refractivity contribution is 0.263. The van der Waals surface area contributed by atoms with Crippen LogP contribution in [0.3, 0.4) is 0 Å². The van der Waals surface area contributed by atoms with Crippen LogP contribution in [0.5, 0.6) is 0 Å². The van der Waals surface area contributed by atoms with Gasteiger partial charge in [0.2, 0.25) is 5.95 Å². The van der Waals surface area contributed by atoms with Gasteiger partial charge in [0.1, 0.15) is 5.76 Å². The van der Waals surface area contributed by atoms with E-state index < -0.39 is 0 Å². The molecule has 0 aliphatic carbocycles. The molecule has 1 unspecified atom stereocenters. The number of aliphatic imine (C=N–C) groups is 1. The molecule has 2 aromatic rings. The molecule has 1 aliphatic rings. The molecule has 0 saturated carbocycles. The first-order valence-electron chi connectivity index (χ1n) is 9.44. The van der Waals surface area contributed by atoms with Crippen molar-refractivity contribution in [1.29, 1.82) is 0 Å². The van der Waals surface area contributed by atoms with E-state index in [9.17, 15) is 0 Å². The van der Waals surface area contributed by atoms with E-state index in [-0.39, 0.29) is 30.0 Å². The van der Waals surface area contributed by atoms with Crippen molar-refractivity contribution in [1.82, 2.24) is 25.1 Å². The van der Waals surface area contributed by atoms with Crippen molar-refractivity contribution in [3.63, 3.8) is 0 Å². The number of furan rings is 1. The Morgan fingerprint density at radius 2 is 1.93 bits per heavy atom. The maximum atomic E-state index is 5.59. The van der Waals surface area contributed by atoms with Gasteiger partial charge < -0.3 is 19.5 Å². The molecule has 8 nitrogen and oxygen atoms in total. The molecule has 1 saturated heterocycles. The van der Waals surface area contributed by atoms with Crippen molar-refractivity contribution in [3.05, 3.63) is 42.6 Å². The van der Waals surface area contributed by atoms with Crippen molar-refractivity contribution < 1.29 is 4.42 Å². The van der Waals surface area contributed by atoms with Crippen LogP contribution in [0.25, 0.3) is 0 Å². The molecular formula is C19H30IN7O. The minimum Gasteiger partial charge on any atom is -0.468 e. The molecule has 3 heterocycles. The van der Waals surface area contributed by atoms with Gasteiger partial charge in [0, 0.05) is 45.1 Å². The van der Waals surface area contributed by atoms with Gasteiger partial charge in [-0.15, -0.1) is 24.0 Å².